The molecule has 4 heterocycles. The molecule has 2 aromatic heterocycles. The summed E-state index contributed by atoms with van der Waals surface area (Å²) in [6.45, 7) is 7.07. The molecule has 0 radical (unpaired) electrons. The van der Waals surface area contributed by atoms with Crippen LogP contribution < -0.4 is 5.56 Å². The lowest BCUT2D eigenvalue weighted by Crippen LogP contribution is -2.39. The van der Waals surface area contributed by atoms with Gasteiger partial charge in [-0.2, -0.15) is 0 Å². The summed E-state index contributed by atoms with van der Waals surface area (Å²) in [5.74, 6) is 0.474. The molecule has 172 valence electrons. The van der Waals surface area contributed by atoms with Gasteiger partial charge >= 0.3 is 0 Å². The third kappa shape index (κ3) is 3.73. The van der Waals surface area contributed by atoms with Crippen LogP contribution in [0.5, 0.6) is 0 Å². The molecule has 8 heteroatoms. The number of aryl methyl sites for hydroxylation is 2. The van der Waals surface area contributed by atoms with Gasteiger partial charge in [-0.05, 0) is 44.2 Å². The third-order valence-corrected chi connectivity index (χ3v) is 7.11. The number of nitrogens with zero attached hydrogens (tertiary/aromatic N) is 3. The van der Waals surface area contributed by atoms with Crippen molar-refractivity contribution in [3.63, 3.8) is 0 Å². The molecule has 2 amide bonds. The molecule has 3 aromatic rings. The molecule has 8 nitrogen and oxygen atoms in total. The number of likely N-dealkylation sites (tertiary alicyclic amines) is 1. The molecule has 1 unspecified atom stereocenters. The molecule has 1 fully saturated rings. The molecular weight excluding hydrogens is 420 g/mol. The lowest BCUT2D eigenvalue weighted by Gasteiger charge is -2.28. The standard InChI is InChI=1S/C25H28N4O4/c1-14-6-7-18-17(13-33-23(18)15(14)2)11-22(31)29-9-4-5-21(29)24-26-20-12-28(16(3)30)10-8-19(20)25(32)27-24/h6-7,13,21H,4-5,8-12H2,1-3H3,(H,26,27,32). The smallest absolute Gasteiger partial charge is 0.254 e. The molecule has 2 aliphatic heterocycles. The molecule has 2 aliphatic rings. The van der Waals surface area contributed by atoms with Gasteiger partial charge in [0.2, 0.25) is 11.8 Å². The van der Waals surface area contributed by atoms with E-state index in [0.717, 1.165) is 40.5 Å². The van der Waals surface area contributed by atoms with Gasteiger partial charge in [0, 0.05) is 36.5 Å². The molecule has 1 N–H and O–H groups in total. The fourth-order valence-corrected chi connectivity index (χ4v) is 5.02. The number of rotatable bonds is 3. The third-order valence-electron chi connectivity index (χ3n) is 7.11. The van der Waals surface area contributed by atoms with E-state index in [1.54, 1.807) is 11.2 Å². The number of nitrogens with one attached hydrogen (secondary N) is 1. The fraction of sp³-hybridized carbons (Fsp3) is 0.440. The summed E-state index contributed by atoms with van der Waals surface area (Å²) < 4.78 is 5.78. The van der Waals surface area contributed by atoms with Crippen LogP contribution in [0.4, 0.5) is 0 Å². The van der Waals surface area contributed by atoms with Crippen LogP contribution in [-0.2, 0) is 29.0 Å². The van der Waals surface area contributed by atoms with Gasteiger partial charge in [-0.15, -0.1) is 0 Å². The second-order valence-corrected chi connectivity index (χ2v) is 9.13. The maximum Gasteiger partial charge on any atom is 0.254 e. The number of aromatic nitrogens is 2. The van der Waals surface area contributed by atoms with Gasteiger partial charge < -0.3 is 19.2 Å². The van der Waals surface area contributed by atoms with Crippen LogP contribution in [-0.4, -0.2) is 44.7 Å². The predicted octanol–water partition coefficient (Wildman–Crippen LogP) is 2.94. The van der Waals surface area contributed by atoms with Crippen LogP contribution >= 0.6 is 0 Å². The molecular formula is C25H28N4O4. The summed E-state index contributed by atoms with van der Waals surface area (Å²) in [6.07, 6.45) is 4.00. The largest absolute Gasteiger partial charge is 0.464 e. The summed E-state index contributed by atoms with van der Waals surface area (Å²) in [7, 11) is 0. The highest BCUT2D eigenvalue weighted by molar-refractivity contribution is 5.89. The topological polar surface area (TPSA) is 99.5 Å². The maximum absolute atomic E-state index is 13.3. The SMILES string of the molecule is CC(=O)N1CCc2c(nc(C3CCCN3C(=O)Cc3coc4c(C)c(C)ccc34)[nH]c2=O)C1. The van der Waals surface area contributed by atoms with E-state index >= 15 is 0 Å². The minimum atomic E-state index is -0.273. The van der Waals surface area contributed by atoms with E-state index in [4.69, 9.17) is 9.40 Å². The van der Waals surface area contributed by atoms with Gasteiger partial charge in [0.15, 0.2) is 0 Å². The summed E-state index contributed by atoms with van der Waals surface area (Å²) in [5, 5.41) is 0.965. The monoisotopic (exact) mass is 448 g/mol. The lowest BCUT2D eigenvalue weighted by atomic mass is 10.0. The number of benzene rings is 1. The van der Waals surface area contributed by atoms with Crippen LogP contribution in [0.25, 0.3) is 11.0 Å². The van der Waals surface area contributed by atoms with Crippen molar-refractivity contribution in [1.29, 1.82) is 0 Å². The number of carbonyl (C=O) groups excluding carboxylic acids is 2. The number of hydrogen-bond donors (Lipinski definition) is 1. The quantitative estimate of drug-likeness (QED) is 0.664. The molecule has 0 aliphatic carbocycles. The van der Waals surface area contributed by atoms with Crippen molar-refractivity contribution in [2.24, 2.45) is 0 Å². The molecule has 5 rings (SSSR count). The number of hydrogen-bond acceptors (Lipinski definition) is 5. The molecule has 1 saturated heterocycles. The molecule has 0 spiro atoms. The second kappa shape index (κ2) is 8.17. The van der Waals surface area contributed by atoms with E-state index in [9.17, 15) is 14.4 Å². The average molecular weight is 449 g/mol. The van der Waals surface area contributed by atoms with Crippen LogP contribution in [0.2, 0.25) is 0 Å². The molecule has 33 heavy (non-hydrogen) atoms. The molecule has 1 atom stereocenters. The first-order valence-corrected chi connectivity index (χ1v) is 11.5. The first kappa shape index (κ1) is 21.4. The Morgan fingerprint density at radius 3 is 2.85 bits per heavy atom. The summed E-state index contributed by atoms with van der Waals surface area (Å²) >= 11 is 0. The van der Waals surface area contributed by atoms with Crippen LogP contribution in [0.1, 0.15) is 59.6 Å². The summed E-state index contributed by atoms with van der Waals surface area (Å²) in [5.41, 5.74) is 5.05. The van der Waals surface area contributed by atoms with Gasteiger partial charge in [0.25, 0.3) is 5.56 Å². The molecule has 1 aromatic carbocycles. The highest BCUT2D eigenvalue weighted by Gasteiger charge is 2.33. The zero-order valence-corrected chi connectivity index (χ0v) is 19.2. The summed E-state index contributed by atoms with van der Waals surface area (Å²) in [4.78, 5) is 49.0. The maximum atomic E-state index is 13.3. The average Bonchev–Trinajstić information content (AvgIpc) is 3.43. The van der Waals surface area contributed by atoms with Gasteiger partial charge in [-0.3, -0.25) is 14.4 Å². The van der Waals surface area contributed by atoms with Gasteiger partial charge in [0.05, 0.1) is 31.0 Å². The Bertz CT molecular complexity index is 1320. The highest BCUT2D eigenvalue weighted by Crippen LogP contribution is 2.32. The Hall–Kier alpha value is -3.42. The Labute approximate surface area is 191 Å². The van der Waals surface area contributed by atoms with Crippen molar-refractivity contribution in [3.05, 3.63) is 62.5 Å². The van der Waals surface area contributed by atoms with E-state index in [1.165, 1.54) is 6.92 Å². The number of H-pyrrole nitrogens is 1. The van der Waals surface area contributed by atoms with Crippen LogP contribution in [0.3, 0.4) is 0 Å². The normalized spacial score (nSPS) is 18.1. The van der Waals surface area contributed by atoms with Crippen molar-refractivity contribution < 1.29 is 14.0 Å². The van der Waals surface area contributed by atoms with Crippen molar-refractivity contribution in [1.82, 2.24) is 19.8 Å². The van der Waals surface area contributed by atoms with E-state index in [1.807, 2.05) is 30.9 Å². The minimum absolute atomic E-state index is 0.0100. The van der Waals surface area contributed by atoms with Crippen molar-refractivity contribution in [2.75, 3.05) is 13.1 Å². The second-order valence-electron chi connectivity index (χ2n) is 9.13. The Kier molecular flexibility index (Phi) is 5.31. The van der Waals surface area contributed by atoms with Crippen LogP contribution in [0, 0.1) is 13.8 Å². The lowest BCUT2D eigenvalue weighted by molar-refractivity contribution is -0.131. The van der Waals surface area contributed by atoms with E-state index in [0.29, 0.717) is 43.1 Å². The van der Waals surface area contributed by atoms with Gasteiger partial charge in [0.1, 0.15) is 11.4 Å². The van der Waals surface area contributed by atoms with Crippen molar-refractivity contribution in [3.8, 4) is 0 Å². The molecule has 0 saturated carbocycles. The minimum Gasteiger partial charge on any atom is -0.464 e. The fourth-order valence-electron chi connectivity index (χ4n) is 5.02. The van der Waals surface area contributed by atoms with Crippen molar-refractivity contribution in [2.45, 2.75) is 59.0 Å². The Morgan fingerprint density at radius 1 is 1.24 bits per heavy atom. The van der Waals surface area contributed by atoms with Gasteiger partial charge in [-0.25, -0.2) is 4.98 Å². The Balaban J connectivity index is 1.41. The zero-order valence-electron chi connectivity index (χ0n) is 19.2. The van der Waals surface area contributed by atoms with E-state index < -0.39 is 0 Å². The number of amides is 2. The Morgan fingerprint density at radius 2 is 2.06 bits per heavy atom. The molecule has 0 bridgehead atoms. The number of aromatic amines is 1. The van der Waals surface area contributed by atoms with E-state index in [2.05, 4.69) is 4.98 Å². The highest BCUT2D eigenvalue weighted by atomic mass is 16.3. The summed E-state index contributed by atoms with van der Waals surface area (Å²) in [6, 6.07) is 3.78. The van der Waals surface area contributed by atoms with E-state index in [-0.39, 0.29) is 29.8 Å². The number of fused-ring (bicyclic) bond motifs is 2. The van der Waals surface area contributed by atoms with Gasteiger partial charge in [-0.1, -0.05) is 12.1 Å². The predicted molar refractivity (Wildman–Crippen MR) is 123 cm³/mol. The number of carbonyl (C=O) groups is 2. The number of furan rings is 1. The first-order valence-electron chi connectivity index (χ1n) is 11.5. The zero-order chi connectivity index (χ0) is 23.3. The van der Waals surface area contributed by atoms with Crippen LogP contribution in [0.15, 0.2) is 27.6 Å². The van der Waals surface area contributed by atoms with Crippen molar-refractivity contribution >= 4 is 22.8 Å². The first-order chi connectivity index (χ1) is 15.8.